The van der Waals surface area contributed by atoms with Gasteiger partial charge in [0.2, 0.25) is 0 Å². The van der Waals surface area contributed by atoms with Crippen molar-refractivity contribution in [3.05, 3.63) is 59.2 Å². The number of benzene rings is 2. The number of carbonyl (C=O) groups is 1. The molecule has 5 nitrogen and oxygen atoms in total. The number of hydrogen-bond acceptors (Lipinski definition) is 4. The minimum Gasteiger partial charge on any atom is -0.493 e. The average Bonchev–Trinajstić information content (AvgIpc) is 2.52. The van der Waals surface area contributed by atoms with E-state index in [0.717, 1.165) is 5.56 Å². The molecule has 0 aromatic heterocycles. The summed E-state index contributed by atoms with van der Waals surface area (Å²) < 4.78 is 10.7. The van der Waals surface area contributed by atoms with E-state index in [9.17, 15) is 9.90 Å². The van der Waals surface area contributed by atoms with Crippen molar-refractivity contribution in [3.63, 3.8) is 0 Å². The number of carboxylic acids is 1. The van der Waals surface area contributed by atoms with Gasteiger partial charge in [-0.05, 0) is 29.8 Å². The molecule has 0 heterocycles. The molecule has 0 radical (unpaired) electrons. The van der Waals surface area contributed by atoms with Crippen LogP contribution in [0, 0.1) is 11.3 Å². The predicted octanol–water partition coefficient (Wildman–Crippen LogP) is 2.84. The van der Waals surface area contributed by atoms with Crippen LogP contribution in [-0.4, -0.2) is 18.2 Å². The molecule has 106 valence electrons. The molecule has 2 aromatic carbocycles. The molecule has 0 atom stereocenters. The van der Waals surface area contributed by atoms with Gasteiger partial charge in [-0.25, -0.2) is 4.79 Å². The normalized spacial score (nSPS) is 9.71. The zero-order valence-electron chi connectivity index (χ0n) is 11.4. The molecule has 0 amide bonds. The SMILES string of the molecule is COc1cccc(C(=O)O)c1OCc1cccc(C#N)c1. The maximum Gasteiger partial charge on any atom is 0.339 e. The first-order chi connectivity index (χ1) is 10.2. The van der Waals surface area contributed by atoms with E-state index in [4.69, 9.17) is 14.7 Å². The first kappa shape index (κ1) is 14.4. The lowest BCUT2D eigenvalue weighted by Gasteiger charge is -2.13. The summed E-state index contributed by atoms with van der Waals surface area (Å²) in [5, 5.41) is 18.0. The van der Waals surface area contributed by atoms with Crippen molar-refractivity contribution >= 4 is 5.97 Å². The second-order valence-corrected chi connectivity index (χ2v) is 4.24. The van der Waals surface area contributed by atoms with Crippen LogP contribution >= 0.6 is 0 Å². The summed E-state index contributed by atoms with van der Waals surface area (Å²) in [5.41, 5.74) is 1.33. The molecule has 1 N–H and O–H groups in total. The number of rotatable bonds is 5. The van der Waals surface area contributed by atoms with Gasteiger partial charge in [0.05, 0.1) is 18.7 Å². The fourth-order valence-electron chi connectivity index (χ4n) is 1.88. The fraction of sp³-hybridized carbons (Fsp3) is 0.125. The van der Waals surface area contributed by atoms with Gasteiger partial charge in [-0.2, -0.15) is 5.26 Å². The largest absolute Gasteiger partial charge is 0.493 e. The summed E-state index contributed by atoms with van der Waals surface area (Å²) in [6, 6.07) is 13.6. The smallest absolute Gasteiger partial charge is 0.339 e. The first-order valence-electron chi connectivity index (χ1n) is 6.18. The standard InChI is InChI=1S/C16H13NO4/c1-20-14-7-3-6-13(16(18)19)15(14)21-10-12-5-2-4-11(8-12)9-17/h2-8H,10H2,1H3,(H,18,19). The number of aromatic carboxylic acids is 1. The molecule has 0 aliphatic heterocycles. The van der Waals surface area contributed by atoms with Crippen LogP contribution in [0.2, 0.25) is 0 Å². The van der Waals surface area contributed by atoms with Crippen LogP contribution in [0.15, 0.2) is 42.5 Å². The minimum absolute atomic E-state index is 0.0331. The van der Waals surface area contributed by atoms with Crippen molar-refractivity contribution < 1.29 is 19.4 Å². The van der Waals surface area contributed by atoms with Crippen molar-refractivity contribution in [1.29, 1.82) is 5.26 Å². The van der Waals surface area contributed by atoms with Crippen molar-refractivity contribution in [2.75, 3.05) is 7.11 Å². The van der Waals surface area contributed by atoms with E-state index in [1.54, 1.807) is 36.4 Å². The number of nitrogens with zero attached hydrogens (tertiary/aromatic N) is 1. The van der Waals surface area contributed by atoms with Gasteiger partial charge in [-0.15, -0.1) is 0 Å². The number of ether oxygens (including phenoxy) is 2. The molecule has 0 aliphatic carbocycles. The Hall–Kier alpha value is -3.00. The van der Waals surface area contributed by atoms with E-state index < -0.39 is 5.97 Å². The summed E-state index contributed by atoms with van der Waals surface area (Å²) in [7, 11) is 1.45. The second kappa shape index (κ2) is 6.44. The van der Waals surface area contributed by atoms with Crippen LogP contribution in [0.1, 0.15) is 21.5 Å². The van der Waals surface area contributed by atoms with Crippen LogP contribution in [0.4, 0.5) is 0 Å². The van der Waals surface area contributed by atoms with Crippen LogP contribution < -0.4 is 9.47 Å². The molecule has 21 heavy (non-hydrogen) atoms. The summed E-state index contributed by atoms with van der Waals surface area (Å²) >= 11 is 0. The summed E-state index contributed by atoms with van der Waals surface area (Å²) in [5.74, 6) is -0.559. The lowest BCUT2D eigenvalue weighted by molar-refractivity contribution is 0.0691. The van der Waals surface area contributed by atoms with Gasteiger partial charge >= 0.3 is 5.97 Å². The van der Waals surface area contributed by atoms with E-state index in [1.165, 1.54) is 13.2 Å². The van der Waals surface area contributed by atoms with E-state index in [-0.39, 0.29) is 17.9 Å². The Morgan fingerprint density at radius 1 is 1.29 bits per heavy atom. The quantitative estimate of drug-likeness (QED) is 0.912. The summed E-state index contributed by atoms with van der Waals surface area (Å²) in [6.07, 6.45) is 0. The molecule has 0 saturated carbocycles. The zero-order chi connectivity index (χ0) is 15.2. The molecule has 0 fully saturated rings. The molecule has 2 rings (SSSR count). The fourth-order valence-corrected chi connectivity index (χ4v) is 1.88. The average molecular weight is 283 g/mol. The molecular formula is C16H13NO4. The molecule has 0 spiro atoms. The maximum absolute atomic E-state index is 11.2. The van der Waals surface area contributed by atoms with E-state index in [0.29, 0.717) is 11.3 Å². The van der Waals surface area contributed by atoms with E-state index >= 15 is 0 Å². The van der Waals surface area contributed by atoms with Gasteiger partial charge in [0.25, 0.3) is 0 Å². The second-order valence-electron chi connectivity index (χ2n) is 4.24. The Morgan fingerprint density at radius 3 is 2.71 bits per heavy atom. The van der Waals surface area contributed by atoms with Crippen LogP contribution in [-0.2, 0) is 6.61 Å². The Labute approximate surface area is 122 Å². The highest BCUT2D eigenvalue weighted by molar-refractivity contribution is 5.92. The van der Waals surface area contributed by atoms with Gasteiger partial charge in [-0.3, -0.25) is 0 Å². The summed E-state index contributed by atoms with van der Waals surface area (Å²) in [6.45, 7) is 0.149. The van der Waals surface area contributed by atoms with Crippen molar-refractivity contribution in [2.24, 2.45) is 0 Å². The monoisotopic (exact) mass is 283 g/mol. The third kappa shape index (κ3) is 3.31. The molecule has 0 saturated heterocycles. The van der Waals surface area contributed by atoms with Crippen LogP contribution in [0.25, 0.3) is 0 Å². The Morgan fingerprint density at radius 2 is 2.05 bits per heavy atom. The number of para-hydroxylation sites is 1. The van der Waals surface area contributed by atoms with Crippen molar-refractivity contribution in [3.8, 4) is 17.6 Å². The van der Waals surface area contributed by atoms with Crippen molar-refractivity contribution in [1.82, 2.24) is 0 Å². The van der Waals surface area contributed by atoms with Gasteiger partial charge in [0.15, 0.2) is 11.5 Å². The van der Waals surface area contributed by atoms with E-state index in [2.05, 4.69) is 0 Å². The zero-order valence-corrected chi connectivity index (χ0v) is 11.4. The third-order valence-corrected chi connectivity index (χ3v) is 2.87. The molecule has 0 bridgehead atoms. The highest BCUT2D eigenvalue weighted by atomic mass is 16.5. The molecule has 2 aromatic rings. The highest BCUT2D eigenvalue weighted by Crippen LogP contribution is 2.31. The predicted molar refractivity (Wildman–Crippen MR) is 75.4 cm³/mol. The summed E-state index contributed by atoms with van der Waals surface area (Å²) in [4.78, 5) is 11.2. The molecule has 0 aliphatic rings. The Bertz CT molecular complexity index is 704. The lowest BCUT2D eigenvalue weighted by atomic mass is 10.1. The number of carboxylic acid groups (broad SMARTS) is 1. The van der Waals surface area contributed by atoms with E-state index in [1.807, 2.05) is 6.07 Å². The lowest BCUT2D eigenvalue weighted by Crippen LogP contribution is -2.05. The van der Waals surface area contributed by atoms with Crippen LogP contribution in [0.5, 0.6) is 11.5 Å². The van der Waals surface area contributed by atoms with Gasteiger partial charge in [-0.1, -0.05) is 18.2 Å². The topological polar surface area (TPSA) is 79.6 Å². The number of hydrogen-bond donors (Lipinski definition) is 1. The first-order valence-corrected chi connectivity index (χ1v) is 6.18. The Kier molecular flexibility index (Phi) is 4.42. The number of nitriles is 1. The highest BCUT2D eigenvalue weighted by Gasteiger charge is 2.16. The van der Waals surface area contributed by atoms with Gasteiger partial charge in [0, 0.05) is 0 Å². The molecular weight excluding hydrogens is 270 g/mol. The maximum atomic E-state index is 11.2. The van der Waals surface area contributed by atoms with Crippen molar-refractivity contribution in [2.45, 2.75) is 6.61 Å². The minimum atomic E-state index is -1.09. The van der Waals surface area contributed by atoms with Gasteiger partial charge < -0.3 is 14.6 Å². The van der Waals surface area contributed by atoms with Gasteiger partial charge in [0.1, 0.15) is 12.2 Å². The Balaban J connectivity index is 2.27. The van der Waals surface area contributed by atoms with Crippen LogP contribution in [0.3, 0.4) is 0 Å². The number of methoxy groups -OCH3 is 1. The molecule has 5 heteroatoms. The third-order valence-electron chi connectivity index (χ3n) is 2.87. The molecule has 0 unspecified atom stereocenters.